The van der Waals surface area contributed by atoms with Gasteiger partial charge in [-0.15, -0.1) is 0 Å². The van der Waals surface area contributed by atoms with Gasteiger partial charge < -0.3 is 10.2 Å². The fourth-order valence-corrected chi connectivity index (χ4v) is 3.30. The minimum atomic E-state index is -0.980. The molecule has 2 N–H and O–H groups in total. The highest BCUT2D eigenvalue weighted by Gasteiger charge is 2.49. The Labute approximate surface area is 130 Å². The van der Waals surface area contributed by atoms with Crippen molar-refractivity contribution in [2.24, 2.45) is 0 Å². The summed E-state index contributed by atoms with van der Waals surface area (Å²) in [7, 11) is 0. The Kier molecular flexibility index (Phi) is 3.44. The van der Waals surface area contributed by atoms with Crippen LogP contribution in [0, 0.1) is 0 Å². The van der Waals surface area contributed by atoms with Gasteiger partial charge in [0, 0.05) is 11.0 Å². The van der Waals surface area contributed by atoms with Crippen LogP contribution in [0.3, 0.4) is 0 Å². The van der Waals surface area contributed by atoms with Gasteiger partial charge in [0.1, 0.15) is 5.54 Å². The van der Waals surface area contributed by atoms with E-state index in [2.05, 4.69) is 26.6 Å². The normalized spacial score (nSPS) is 24.9. The van der Waals surface area contributed by atoms with Gasteiger partial charge in [0.25, 0.3) is 11.8 Å². The maximum atomic E-state index is 12.6. The summed E-state index contributed by atoms with van der Waals surface area (Å²) in [6.07, 6.45) is 1.22. The standard InChI is InChI=1S/C14H14BrN3O3/c15-10-5-2-1-4-9(10)11(19)18-7-3-6-14(8-18)12(20)16-13(21)17-14/h1-2,4-5H,3,6-8H2,(H2,16,17,20,21). The predicted molar refractivity (Wildman–Crippen MR) is 78.7 cm³/mol. The van der Waals surface area contributed by atoms with Gasteiger partial charge in [0.15, 0.2) is 0 Å². The van der Waals surface area contributed by atoms with Crippen LogP contribution in [0.2, 0.25) is 0 Å². The third kappa shape index (κ3) is 2.42. The molecule has 2 heterocycles. The maximum absolute atomic E-state index is 12.6. The number of hydrogen-bond acceptors (Lipinski definition) is 3. The Morgan fingerprint density at radius 2 is 2.05 bits per heavy atom. The summed E-state index contributed by atoms with van der Waals surface area (Å²) in [6.45, 7) is 0.774. The van der Waals surface area contributed by atoms with Crippen LogP contribution in [0.5, 0.6) is 0 Å². The molecule has 1 aromatic rings. The molecule has 110 valence electrons. The van der Waals surface area contributed by atoms with Crippen molar-refractivity contribution in [1.29, 1.82) is 0 Å². The van der Waals surface area contributed by atoms with Gasteiger partial charge >= 0.3 is 6.03 Å². The van der Waals surface area contributed by atoms with E-state index in [0.29, 0.717) is 24.9 Å². The highest BCUT2D eigenvalue weighted by atomic mass is 79.9. The minimum Gasteiger partial charge on any atom is -0.336 e. The smallest absolute Gasteiger partial charge is 0.322 e. The first-order valence-electron chi connectivity index (χ1n) is 6.69. The van der Waals surface area contributed by atoms with Crippen LogP contribution in [0.15, 0.2) is 28.7 Å². The van der Waals surface area contributed by atoms with Gasteiger partial charge in [-0.3, -0.25) is 14.9 Å². The van der Waals surface area contributed by atoms with Crippen molar-refractivity contribution < 1.29 is 14.4 Å². The SMILES string of the molecule is O=C1NC(=O)C2(CCCN(C(=O)c3ccccc3Br)C2)N1. The van der Waals surface area contributed by atoms with Gasteiger partial charge in [-0.25, -0.2) is 4.79 Å². The number of carbonyl (C=O) groups is 3. The Morgan fingerprint density at radius 1 is 1.29 bits per heavy atom. The van der Waals surface area contributed by atoms with Gasteiger partial charge in [-0.2, -0.15) is 0 Å². The molecule has 1 aromatic carbocycles. The van der Waals surface area contributed by atoms with E-state index in [9.17, 15) is 14.4 Å². The Balaban J connectivity index is 1.84. The van der Waals surface area contributed by atoms with Gasteiger partial charge in [-0.05, 0) is 40.9 Å². The predicted octanol–water partition coefficient (Wildman–Crippen LogP) is 1.26. The first-order valence-corrected chi connectivity index (χ1v) is 7.48. The summed E-state index contributed by atoms with van der Waals surface area (Å²) in [5.41, 5.74) is -0.425. The second kappa shape index (κ2) is 5.14. The number of amides is 4. The van der Waals surface area contributed by atoms with E-state index >= 15 is 0 Å². The molecule has 6 nitrogen and oxygen atoms in total. The molecular formula is C14H14BrN3O3. The molecule has 0 aromatic heterocycles. The summed E-state index contributed by atoms with van der Waals surface area (Å²) in [6, 6.07) is 6.68. The van der Waals surface area contributed by atoms with E-state index in [4.69, 9.17) is 0 Å². The average Bonchev–Trinajstić information content (AvgIpc) is 2.72. The highest BCUT2D eigenvalue weighted by Crippen LogP contribution is 2.27. The zero-order valence-electron chi connectivity index (χ0n) is 11.2. The van der Waals surface area contributed by atoms with Gasteiger partial charge in [-0.1, -0.05) is 12.1 Å². The van der Waals surface area contributed by atoms with Crippen molar-refractivity contribution in [1.82, 2.24) is 15.5 Å². The summed E-state index contributed by atoms with van der Waals surface area (Å²) in [5.74, 6) is -0.493. The van der Waals surface area contributed by atoms with Crippen LogP contribution < -0.4 is 10.6 Å². The van der Waals surface area contributed by atoms with E-state index in [1.807, 2.05) is 6.07 Å². The first kappa shape index (κ1) is 14.1. The monoisotopic (exact) mass is 351 g/mol. The quantitative estimate of drug-likeness (QED) is 0.747. The van der Waals surface area contributed by atoms with Crippen molar-refractivity contribution in [3.8, 4) is 0 Å². The number of piperidine rings is 1. The molecule has 2 aliphatic rings. The molecule has 2 aliphatic heterocycles. The van der Waals surface area contributed by atoms with Gasteiger partial charge in [0.2, 0.25) is 0 Å². The van der Waals surface area contributed by atoms with Crippen molar-refractivity contribution in [3.63, 3.8) is 0 Å². The van der Waals surface area contributed by atoms with Crippen LogP contribution in [0.4, 0.5) is 4.79 Å². The third-order valence-electron chi connectivity index (χ3n) is 3.90. The lowest BCUT2D eigenvalue weighted by Gasteiger charge is -2.38. The Bertz CT molecular complexity index is 634. The zero-order chi connectivity index (χ0) is 15.0. The van der Waals surface area contributed by atoms with E-state index < -0.39 is 11.6 Å². The molecule has 0 aliphatic carbocycles. The summed E-state index contributed by atoms with van der Waals surface area (Å²) in [4.78, 5) is 37.6. The molecule has 3 rings (SSSR count). The van der Waals surface area contributed by atoms with Crippen LogP contribution >= 0.6 is 15.9 Å². The molecule has 4 amide bonds. The number of hydrogen-bond donors (Lipinski definition) is 2. The fourth-order valence-electron chi connectivity index (χ4n) is 2.85. The molecule has 21 heavy (non-hydrogen) atoms. The molecule has 0 bridgehead atoms. The lowest BCUT2D eigenvalue weighted by molar-refractivity contribution is -0.125. The maximum Gasteiger partial charge on any atom is 0.322 e. The Hall–Kier alpha value is -1.89. The lowest BCUT2D eigenvalue weighted by atomic mass is 9.89. The number of nitrogens with zero attached hydrogens (tertiary/aromatic N) is 1. The molecule has 1 atom stereocenters. The highest BCUT2D eigenvalue weighted by molar-refractivity contribution is 9.10. The topological polar surface area (TPSA) is 78.5 Å². The van der Waals surface area contributed by atoms with Crippen molar-refractivity contribution >= 4 is 33.8 Å². The molecule has 2 fully saturated rings. The fraction of sp³-hybridized carbons (Fsp3) is 0.357. The van der Waals surface area contributed by atoms with Crippen molar-refractivity contribution in [2.75, 3.05) is 13.1 Å². The number of carbonyl (C=O) groups excluding carboxylic acids is 3. The molecule has 7 heteroatoms. The second-order valence-corrected chi connectivity index (χ2v) is 6.15. The number of imide groups is 1. The van der Waals surface area contributed by atoms with Crippen LogP contribution in [0.25, 0.3) is 0 Å². The number of nitrogens with one attached hydrogen (secondary N) is 2. The third-order valence-corrected chi connectivity index (χ3v) is 4.59. The van der Waals surface area contributed by atoms with Crippen LogP contribution in [-0.4, -0.2) is 41.4 Å². The molecule has 0 radical (unpaired) electrons. The molecule has 1 unspecified atom stereocenters. The number of likely N-dealkylation sites (tertiary alicyclic amines) is 1. The number of rotatable bonds is 1. The van der Waals surface area contributed by atoms with E-state index in [1.54, 1.807) is 23.1 Å². The number of benzene rings is 1. The van der Waals surface area contributed by atoms with E-state index in [1.165, 1.54) is 0 Å². The summed E-state index contributed by atoms with van der Waals surface area (Å²) >= 11 is 3.36. The zero-order valence-corrected chi connectivity index (χ0v) is 12.8. The van der Waals surface area contributed by atoms with Crippen molar-refractivity contribution in [3.05, 3.63) is 34.3 Å². The largest absolute Gasteiger partial charge is 0.336 e. The summed E-state index contributed by atoms with van der Waals surface area (Å²) in [5, 5.41) is 4.92. The summed E-state index contributed by atoms with van der Waals surface area (Å²) < 4.78 is 0.717. The Morgan fingerprint density at radius 3 is 2.71 bits per heavy atom. The lowest BCUT2D eigenvalue weighted by Crippen LogP contribution is -2.59. The minimum absolute atomic E-state index is 0.143. The van der Waals surface area contributed by atoms with Gasteiger partial charge in [0.05, 0.1) is 12.1 Å². The molecule has 0 saturated carbocycles. The van der Waals surface area contributed by atoms with E-state index in [0.717, 1.165) is 4.47 Å². The average molecular weight is 352 g/mol. The van der Waals surface area contributed by atoms with Crippen LogP contribution in [-0.2, 0) is 4.79 Å². The first-order chi connectivity index (χ1) is 10.0. The van der Waals surface area contributed by atoms with E-state index in [-0.39, 0.29) is 18.4 Å². The van der Waals surface area contributed by atoms with Crippen LogP contribution in [0.1, 0.15) is 23.2 Å². The van der Waals surface area contributed by atoms with Crippen molar-refractivity contribution in [2.45, 2.75) is 18.4 Å². The second-order valence-electron chi connectivity index (χ2n) is 5.30. The molecule has 1 spiro atoms. The molecule has 2 saturated heterocycles. The molecular weight excluding hydrogens is 338 g/mol. The number of urea groups is 1. The number of halogens is 1.